The largest absolute Gasteiger partial charge is 0.431 e. The maximum absolute atomic E-state index is 10.4. The van der Waals surface area contributed by atoms with Gasteiger partial charge in [-0.2, -0.15) is 0 Å². The van der Waals surface area contributed by atoms with Gasteiger partial charge in [-0.1, -0.05) is 5.92 Å². The van der Waals surface area contributed by atoms with E-state index in [9.17, 15) is 4.79 Å². The Labute approximate surface area is 69.6 Å². The predicted octanol–water partition coefficient (Wildman–Crippen LogP) is 1.15. The van der Waals surface area contributed by atoms with Gasteiger partial charge in [-0.15, -0.1) is 6.42 Å². The number of hydrogen-bond acceptors (Lipinski definition) is 3. The topological polar surface area (TPSA) is 35.5 Å². The molecule has 0 bridgehead atoms. The molecule has 1 saturated heterocycles. The Morgan fingerprint density at radius 3 is 2.91 bits per heavy atom. The molecular weight excluding hydrogens is 168 g/mol. The smallest absolute Gasteiger partial charge is 0.405 e. The zero-order valence-electron chi connectivity index (χ0n) is 5.80. The van der Waals surface area contributed by atoms with Crippen molar-refractivity contribution < 1.29 is 14.3 Å². The molecule has 11 heavy (non-hydrogen) atoms. The minimum Gasteiger partial charge on any atom is -0.431 e. The Bertz CT molecular complexity index is 200. The molecule has 1 aliphatic rings. The third kappa shape index (κ3) is 1.86. The lowest BCUT2D eigenvalue weighted by Crippen LogP contribution is -2.31. The summed E-state index contributed by atoms with van der Waals surface area (Å²) in [7, 11) is 0. The highest BCUT2D eigenvalue weighted by molar-refractivity contribution is 6.61. The molecule has 1 aliphatic heterocycles. The van der Waals surface area contributed by atoms with E-state index in [2.05, 4.69) is 5.92 Å². The fourth-order valence-corrected chi connectivity index (χ4v) is 1.07. The average Bonchev–Trinajstić information content (AvgIpc) is 2.36. The molecule has 0 aromatic heterocycles. The van der Waals surface area contributed by atoms with E-state index in [-0.39, 0.29) is 6.61 Å². The van der Waals surface area contributed by atoms with Gasteiger partial charge in [-0.3, -0.25) is 0 Å². The SMILES string of the molecule is C#CC1(OC(=O)Cl)CCOC1. The highest BCUT2D eigenvalue weighted by Crippen LogP contribution is 2.23. The summed E-state index contributed by atoms with van der Waals surface area (Å²) in [5.41, 5.74) is -1.80. The van der Waals surface area contributed by atoms with Crippen LogP contribution in [0.5, 0.6) is 0 Å². The van der Waals surface area contributed by atoms with Gasteiger partial charge in [0.1, 0.15) is 0 Å². The van der Waals surface area contributed by atoms with Crippen LogP contribution in [-0.4, -0.2) is 24.2 Å². The first kappa shape index (κ1) is 8.38. The van der Waals surface area contributed by atoms with Crippen LogP contribution < -0.4 is 0 Å². The summed E-state index contributed by atoms with van der Waals surface area (Å²) in [5.74, 6) is 2.36. The molecular formula is C7H7ClO3. The van der Waals surface area contributed by atoms with E-state index in [4.69, 9.17) is 27.5 Å². The summed E-state index contributed by atoms with van der Waals surface area (Å²) in [4.78, 5) is 10.4. The predicted molar refractivity (Wildman–Crippen MR) is 39.3 cm³/mol. The molecule has 1 fully saturated rings. The summed E-state index contributed by atoms with van der Waals surface area (Å²) in [6.07, 6.45) is 5.67. The molecule has 0 saturated carbocycles. The highest BCUT2D eigenvalue weighted by Gasteiger charge is 2.36. The molecule has 0 amide bonds. The first-order valence-electron chi connectivity index (χ1n) is 3.12. The van der Waals surface area contributed by atoms with E-state index in [0.29, 0.717) is 13.0 Å². The number of halogens is 1. The number of ether oxygens (including phenoxy) is 2. The van der Waals surface area contributed by atoms with Gasteiger partial charge in [-0.25, -0.2) is 4.79 Å². The van der Waals surface area contributed by atoms with E-state index < -0.39 is 11.0 Å². The number of carbonyl (C=O) groups excluding carboxylic acids is 1. The van der Waals surface area contributed by atoms with Crippen LogP contribution in [0.15, 0.2) is 0 Å². The normalized spacial score (nSPS) is 29.5. The number of terminal acetylenes is 1. The van der Waals surface area contributed by atoms with Crippen LogP contribution in [0.25, 0.3) is 0 Å². The molecule has 1 heterocycles. The second-order valence-corrected chi connectivity index (χ2v) is 2.59. The fourth-order valence-electron chi connectivity index (χ4n) is 0.924. The van der Waals surface area contributed by atoms with Gasteiger partial charge >= 0.3 is 5.43 Å². The summed E-state index contributed by atoms with van der Waals surface area (Å²) >= 11 is 5.01. The van der Waals surface area contributed by atoms with Crippen molar-refractivity contribution in [3.8, 4) is 12.3 Å². The third-order valence-corrected chi connectivity index (χ3v) is 1.60. The van der Waals surface area contributed by atoms with Crippen molar-refractivity contribution in [3.63, 3.8) is 0 Å². The quantitative estimate of drug-likeness (QED) is 0.442. The second kappa shape index (κ2) is 3.12. The molecule has 1 unspecified atom stereocenters. The Morgan fingerprint density at radius 1 is 1.82 bits per heavy atom. The second-order valence-electron chi connectivity index (χ2n) is 2.28. The number of rotatable bonds is 1. The van der Waals surface area contributed by atoms with E-state index >= 15 is 0 Å². The van der Waals surface area contributed by atoms with Gasteiger partial charge < -0.3 is 9.47 Å². The van der Waals surface area contributed by atoms with Gasteiger partial charge in [0.15, 0.2) is 5.60 Å². The van der Waals surface area contributed by atoms with Crippen molar-refractivity contribution in [2.45, 2.75) is 12.0 Å². The molecule has 1 atom stereocenters. The summed E-state index contributed by atoms with van der Waals surface area (Å²) in [6.45, 7) is 0.746. The summed E-state index contributed by atoms with van der Waals surface area (Å²) in [6, 6.07) is 0. The van der Waals surface area contributed by atoms with Crippen LogP contribution in [0.2, 0.25) is 0 Å². The first-order valence-corrected chi connectivity index (χ1v) is 3.50. The monoisotopic (exact) mass is 174 g/mol. The molecule has 0 spiro atoms. The molecule has 0 aromatic carbocycles. The van der Waals surface area contributed by atoms with Crippen molar-refractivity contribution in [3.05, 3.63) is 0 Å². The van der Waals surface area contributed by atoms with Gasteiger partial charge in [0.05, 0.1) is 13.2 Å². The first-order chi connectivity index (χ1) is 5.18. The lowest BCUT2D eigenvalue weighted by Gasteiger charge is -2.18. The van der Waals surface area contributed by atoms with E-state index in [0.717, 1.165) is 0 Å². The standard InChI is InChI=1S/C7H7ClO3/c1-2-7(11-6(8)9)3-4-10-5-7/h1H,3-5H2. The van der Waals surface area contributed by atoms with E-state index in [1.54, 1.807) is 0 Å². The molecule has 1 rings (SSSR count). The van der Waals surface area contributed by atoms with Crippen LogP contribution in [-0.2, 0) is 9.47 Å². The summed E-state index contributed by atoms with van der Waals surface area (Å²) in [5, 5.41) is 0. The Morgan fingerprint density at radius 2 is 2.55 bits per heavy atom. The van der Waals surface area contributed by atoms with Gasteiger partial charge in [-0.05, 0) is 0 Å². The van der Waals surface area contributed by atoms with Crippen LogP contribution in [0.3, 0.4) is 0 Å². The number of carbonyl (C=O) groups is 1. The lowest BCUT2D eigenvalue weighted by atomic mass is 10.1. The maximum Gasteiger partial charge on any atom is 0.405 e. The van der Waals surface area contributed by atoms with E-state index in [1.807, 2.05) is 0 Å². The van der Waals surface area contributed by atoms with Crippen LogP contribution in [0.1, 0.15) is 6.42 Å². The molecule has 0 aromatic rings. The van der Waals surface area contributed by atoms with Crippen LogP contribution in [0.4, 0.5) is 4.79 Å². The minimum absolute atomic E-state index is 0.238. The molecule has 0 aliphatic carbocycles. The zero-order chi connectivity index (χ0) is 8.32. The Hall–Kier alpha value is -0.720. The number of hydrogen-bond donors (Lipinski definition) is 0. The third-order valence-electron chi connectivity index (χ3n) is 1.52. The van der Waals surface area contributed by atoms with Crippen molar-refractivity contribution >= 4 is 17.0 Å². The van der Waals surface area contributed by atoms with Crippen LogP contribution in [0, 0.1) is 12.3 Å². The Kier molecular flexibility index (Phi) is 2.38. The molecule has 4 heteroatoms. The lowest BCUT2D eigenvalue weighted by molar-refractivity contribution is 0.0584. The van der Waals surface area contributed by atoms with Gasteiger partial charge in [0.2, 0.25) is 0 Å². The minimum atomic E-state index is -0.918. The van der Waals surface area contributed by atoms with Crippen LogP contribution >= 0.6 is 11.6 Å². The molecule has 0 N–H and O–H groups in total. The maximum atomic E-state index is 10.4. The van der Waals surface area contributed by atoms with Crippen molar-refractivity contribution in [2.75, 3.05) is 13.2 Å². The van der Waals surface area contributed by atoms with Gasteiger partial charge in [0, 0.05) is 18.0 Å². The molecule has 3 nitrogen and oxygen atoms in total. The van der Waals surface area contributed by atoms with Crippen molar-refractivity contribution in [1.82, 2.24) is 0 Å². The highest BCUT2D eigenvalue weighted by atomic mass is 35.5. The zero-order valence-corrected chi connectivity index (χ0v) is 6.56. The fraction of sp³-hybridized carbons (Fsp3) is 0.571. The van der Waals surface area contributed by atoms with Crippen molar-refractivity contribution in [1.29, 1.82) is 0 Å². The Balaban J connectivity index is 2.61. The van der Waals surface area contributed by atoms with Crippen molar-refractivity contribution in [2.24, 2.45) is 0 Å². The van der Waals surface area contributed by atoms with Gasteiger partial charge in [0.25, 0.3) is 0 Å². The van der Waals surface area contributed by atoms with E-state index in [1.165, 1.54) is 0 Å². The summed E-state index contributed by atoms with van der Waals surface area (Å²) < 4.78 is 9.69. The average molecular weight is 175 g/mol. The molecule has 0 radical (unpaired) electrons. The molecule has 60 valence electrons.